The summed E-state index contributed by atoms with van der Waals surface area (Å²) in [6.45, 7) is 4.08. The lowest BCUT2D eigenvalue weighted by Crippen LogP contribution is -2.12. The monoisotopic (exact) mass is 385 g/mol. The molecule has 4 rings (SSSR count). The maximum atomic E-state index is 12.4. The first-order valence-electron chi connectivity index (χ1n) is 8.97. The number of nitrogens with zero attached hydrogens (tertiary/aromatic N) is 2. The third-order valence-corrected chi connectivity index (χ3v) is 5.35. The Bertz CT molecular complexity index is 1140. The van der Waals surface area contributed by atoms with Crippen molar-refractivity contribution in [2.75, 3.05) is 5.32 Å². The smallest absolute Gasteiger partial charge is 0.256 e. The highest BCUT2D eigenvalue weighted by Crippen LogP contribution is 2.37. The number of hydrogen-bond donors (Lipinski definition) is 1. The molecule has 2 heterocycles. The van der Waals surface area contributed by atoms with E-state index in [0.717, 1.165) is 26.7 Å². The van der Waals surface area contributed by atoms with Crippen LogP contribution in [-0.4, -0.2) is 15.9 Å². The number of anilines is 1. The summed E-state index contributed by atoms with van der Waals surface area (Å²) >= 11 is 1.64. The van der Waals surface area contributed by atoms with Gasteiger partial charge in [0, 0.05) is 17.3 Å². The lowest BCUT2D eigenvalue weighted by molar-refractivity contribution is 0.102. The zero-order valence-electron chi connectivity index (χ0n) is 15.6. The standard InChI is InChI=1S/C23H19N3OS/c1-15-7-6-10-18(13-15)21-22(28-16(2)25-21)19-11-12-24-20(14-19)26-23(27)17-8-4-3-5-9-17/h3-14H,1-2H3,(H,24,26,27). The molecule has 0 atom stereocenters. The van der Waals surface area contributed by atoms with E-state index in [2.05, 4.69) is 35.4 Å². The largest absolute Gasteiger partial charge is 0.307 e. The molecule has 2 aromatic carbocycles. The second kappa shape index (κ2) is 7.74. The molecule has 0 radical (unpaired) electrons. The van der Waals surface area contributed by atoms with Crippen molar-refractivity contribution in [3.63, 3.8) is 0 Å². The first-order valence-corrected chi connectivity index (χ1v) is 9.79. The van der Waals surface area contributed by atoms with Gasteiger partial charge in [-0.2, -0.15) is 0 Å². The van der Waals surface area contributed by atoms with E-state index >= 15 is 0 Å². The molecule has 0 unspecified atom stereocenters. The van der Waals surface area contributed by atoms with Crippen LogP contribution < -0.4 is 5.32 Å². The molecule has 0 saturated carbocycles. The first kappa shape index (κ1) is 18.1. The van der Waals surface area contributed by atoms with Gasteiger partial charge in [-0.1, -0.05) is 42.0 Å². The van der Waals surface area contributed by atoms with E-state index in [9.17, 15) is 4.79 Å². The number of carbonyl (C=O) groups is 1. The van der Waals surface area contributed by atoms with E-state index in [1.54, 1.807) is 29.7 Å². The van der Waals surface area contributed by atoms with E-state index in [-0.39, 0.29) is 5.91 Å². The van der Waals surface area contributed by atoms with Crippen LogP contribution in [0, 0.1) is 13.8 Å². The van der Waals surface area contributed by atoms with Crippen LogP contribution in [0.25, 0.3) is 21.7 Å². The summed E-state index contributed by atoms with van der Waals surface area (Å²) in [6, 6.07) is 21.3. The predicted octanol–water partition coefficient (Wildman–Crippen LogP) is 5.74. The van der Waals surface area contributed by atoms with Gasteiger partial charge in [0.2, 0.25) is 0 Å². The average molecular weight is 385 g/mol. The van der Waals surface area contributed by atoms with Gasteiger partial charge in [-0.15, -0.1) is 11.3 Å². The molecule has 0 aliphatic carbocycles. The molecule has 0 saturated heterocycles. The molecule has 0 aliphatic rings. The van der Waals surface area contributed by atoms with Gasteiger partial charge >= 0.3 is 0 Å². The molecular formula is C23H19N3OS. The second-order valence-corrected chi connectivity index (χ2v) is 7.73. The third-order valence-electron chi connectivity index (χ3n) is 4.33. The van der Waals surface area contributed by atoms with Gasteiger partial charge in [0.05, 0.1) is 15.6 Å². The van der Waals surface area contributed by atoms with Crippen molar-refractivity contribution in [2.24, 2.45) is 0 Å². The lowest BCUT2D eigenvalue weighted by Gasteiger charge is -2.07. The van der Waals surface area contributed by atoms with Gasteiger partial charge < -0.3 is 5.32 Å². The summed E-state index contributed by atoms with van der Waals surface area (Å²) < 4.78 is 0. The number of hydrogen-bond acceptors (Lipinski definition) is 4. The van der Waals surface area contributed by atoms with E-state index in [1.807, 2.05) is 43.3 Å². The molecule has 0 bridgehead atoms. The lowest BCUT2D eigenvalue weighted by atomic mass is 10.1. The number of aromatic nitrogens is 2. The highest BCUT2D eigenvalue weighted by atomic mass is 32.1. The molecule has 0 aliphatic heterocycles. The normalized spacial score (nSPS) is 10.6. The Morgan fingerprint density at radius 3 is 2.54 bits per heavy atom. The van der Waals surface area contributed by atoms with E-state index in [0.29, 0.717) is 11.4 Å². The maximum absolute atomic E-state index is 12.4. The quantitative estimate of drug-likeness (QED) is 0.487. The fourth-order valence-electron chi connectivity index (χ4n) is 3.03. The number of pyridine rings is 1. The van der Waals surface area contributed by atoms with Crippen molar-refractivity contribution < 1.29 is 4.79 Å². The minimum Gasteiger partial charge on any atom is -0.307 e. The minimum atomic E-state index is -0.176. The molecule has 2 aromatic heterocycles. The molecule has 5 heteroatoms. The Morgan fingerprint density at radius 1 is 0.929 bits per heavy atom. The van der Waals surface area contributed by atoms with E-state index in [1.165, 1.54) is 5.56 Å². The average Bonchev–Trinajstić information content (AvgIpc) is 3.11. The molecule has 0 fully saturated rings. The highest BCUT2D eigenvalue weighted by molar-refractivity contribution is 7.15. The summed E-state index contributed by atoms with van der Waals surface area (Å²) in [4.78, 5) is 22.6. The molecule has 4 nitrogen and oxygen atoms in total. The van der Waals surface area contributed by atoms with Gasteiger partial charge in [0.25, 0.3) is 5.91 Å². The van der Waals surface area contributed by atoms with Crippen LogP contribution in [0.3, 0.4) is 0 Å². The second-order valence-electron chi connectivity index (χ2n) is 6.53. The Labute approximate surface area is 167 Å². The van der Waals surface area contributed by atoms with E-state index < -0.39 is 0 Å². The van der Waals surface area contributed by atoms with Crippen LogP contribution in [0.15, 0.2) is 72.9 Å². The van der Waals surface area contributed by atoms with Crippen molar-refractivity contribution in [2.45, 2.75) is 13.8 Å². The molecule has 1 amide bonds. The molecule has 4 aromatic rings. The van der Waals surface area contributed by atoms with Crippen molar-refractivity contribution in [3.8, 4) is 21.7 Å². The van der Waals surface area contributed by atoms with Crippen LogP contribution in [0.2, 0.25) is 0 Å². The summed E-state index contributed by atoms with van der Waals surface area (Å²) in [5.74, 6) is 0.345. The summed E-state index contributed by atoms with van der Waals surface area (Å²) in [5.41, 5.74) is 4.83. The molecule has 138 valence electrons. The first-order chi connectivity index (χ1) is 13.6. The number of aryl methyl sites for hydroxylation is 2. The van der Waals surface area contributed by atoms with Gasteiger partial charge in [-0.25, -0.2) is 9.97 Å². The van der Waals surface area contributed by atoms with Crippen LogP contribution in [0.4, 0.5) is 5.82 Å². The Hall–Kier alpha value is -3.31. The summed E-state index contributed by atoms with van der Waals surface area (Å²) in [7, 11) is 0. The fourth-order valence-corrected chi connectivity index (χ4v) is 3.97. The zero-order valence-corrected chi connectivity index (χ0v) is 16.5. The summed E-state index contributed by atoms with van der Waals surface area (Å²) in [5, 5.41) is 3.88. The molecular weight excluding hydrogens is 366 g/mol. The van der Waals surface area contributed by atoms with Crippen LogP contribution in [-0.2, 0) is 0 Å². The highest BCUT2D eigenvalue weighted by Gasteiger charge is 2.15. The molecule has 1 N–H and O–H groups in total. The summed E-state index contributed by atoms with van der Waals surface area (Å²) in [6.07, 6.45) is 1.71. The van der Waals surface area contributed by atoms with Crippen LogP contribution in [0.1, 0.15) is 20.9 Å². The van der Waals surface area contributed by atoms with Crippen molar-refractivity contribution in [1.29, 1.82) is 0 Å². The Balaban J connectivity index is 1.68. The van der Waals surface area contributed by atoms with Crippen LogP contribution in [0.5, 0.6) is 0 Å². The van der Waals surface area contributed by atoms with Gasteiger partial charge in [-0.05, 0) is 49.7 Å². The number of carbonyl (C=O) groups excluding carboxylic acids is 1. The fraction of sp³-hybridized carbons (Fsp3) is 0.0870. The number of nitrogens with one attached hydrogen (secondary N) is 1. The Morgan fingerprint density at radius 2 is 1.75 bits per heavy atom. The zero-order chi connectivity index (χ0) is 19.5. The number of amides is 1. The van der Waals surface area contributed by atoms with Gasteiger partial charge in [0.15, 0.2) is 0 Å². The number of thiazole rings is 1. The maximum Gasteiger partial charge on any atom is 0.256 e. The van der Waals surface area contributed by atoms with Gasteiger partial charge in [0.1, 0.15) is 5.82 Å². The Kier molecular flexibility index (Phi) is 5.00. The minimum absolute atomic E-state index is 0.176. The number of benzene rings is 2. The van der Waals surface area contributed by atoms with Crippen molar-refractivity contribution in [1.82, 2.24) is 9.97 Å². The number of rotatable bonds is 4. The van der Waals surface area contributed by atoms with Crippen molar-refractivity contribution in [3.05, 3.63) is 89.1 Å². The van der Waals surface area contributed by atoms with Crippen LogP contribution >= 0.6 is 11.3 Å². The van der Waals surface area contributed by atoms with E-state index in [4.69, 9.17) is 4.98 Å². The third kappa shape index (κ3) is 3.85. The van der Waals surface area contributed by atoms with Gasteiger partial charge in [-0.3, -0.25) is 4.79 Å². The molecule has 28 heavy (non-hydrogen) atoms. The topological polar surface area (TPSA) is 54.9 Å². The van der Waals surface area contributed by atoms with Crippen molar-refractivity contribution >= 4 is 23.1 Å². The SMILES string of the molecule is Cc1cccc(-c2nc(C)sc2-c2ccnc(NC(=O)c3ccccc3)c2)c1. The molecule has 0 spiro atoms. The predicted molar refractivity (Wildman–Crippen MR) is 115 cm³/mol.